The molecule has 2 rings (SSSR count). The highest BCUT2D eigenvalue weighted by Gasteiger charge is 2.52. The van der Waals surface area contributed by atoms with Crippen LogP contribution in [0.5, 0.6) is 0 Å². The Morgan fingerprint density at radius 3 is 2.50 bits per heavy atom. The Labute approximate surface area is 120 Å². The molecular formula is C14H26N4O2. The Balaban J connectivity index is 2.01. The van der Waals surface area contributed by atoms with Crippen molar-refractivity contribution < 1.29 is 9.59 Å². The van der Waals surface area contributed by atoms with Crippen LogP contribution in [0.4, 0.5) is 4.79 Å². The SMILES string of the molecule is CCCN1CCC2(CC1)NC(=O)N(CC(N)CC)C2=O. The van der Waals surface area contributed by atoms with Crippen LogP contribution in [0.3, 0.4) is 0 Å². The number of carbonyl (C=O) groups is 2. The van der Waals surface area contributed by atoms with Gasteiger partial charge in [0.25, 0.3) is 5.91 Å². The largest absolute Gasteiger partial charge is 0.326 e. The summed E-state index contributed by atoms with van der Waals surface area (Å²) in [6, 6.07) is -0.414. The van der Waals surface area contributed by atoms with Gasteiger partial charge in [-0.15, -0.1) is 0 Å². The van der Waals surface area contributed by atoms with Gasteiger partial charge in [-0.3, -0.25) is 9.69 Å². The summed E-state index contributed by atoms with van der Waals surface area (Å²) in [5.74, 6) is -0.0810. The summed E-state index contributed by atoms with van der Waals surface area (Å²) in [7, 11) is 0. The normalized spacial score (nSPS) is 24.2. The summed E-state index contributed by atoms with van der Waals surface area (Å²) in [6.07, 6.45) is 3.28. The van der Waals surface area contributed by atoms with Crippen LogP contribution in [0.1, 0.15) is 39.5 Å². The van der Waals surface area contributed by atoms with E-state index in [-0.39, 0.29) is 18.0 Å². The maximum absolute atomic E-state index is 12.6. The second-order valence-electron chi connectivity index (χ2n) is 5.94. The van der Waals surface area contributed by atoms with Gasteiger partial charge in [0.2, 0.25) is 0 Å². The highest BCUT2D eigenvalue weighted by molar-refractivity contribution is 6.07. The van der Waals surface area contributed by atoms with Gasteiger partial charge in [0.05, 0.1) is 0 Å². The molecule has 2 aliphatic heterocycles. The van der Waals surface area contributed by atoms with Crippen LogP contribution < -0.4 is 11.1 Å². The number of rotatable bonds is 5. The van der Waals surface area contributed by atoms with Crippen LogP contribution >= 0.6 is 0 Å². The molecule has 0 aromatic carbocycles. The van der Waals surface area contributed by atoms with Gasteiger partial charge in [-0.25, -0.2) is 4.79 Å². The van der Waals surface area contributed by atoms with Crippen molar-refractivity contribution in [2.24, 2.45) is 5.73 Å². The summed E-state index contributed by atoms with van der Waals surface area (Å²) in [5, 5.41) is 2.92. The molecule has 2 saturated heterocycles. The predicted molar refractivity (Wildman–Crippen MR) is 77.2 cm³/mol. The summed E-state index contributed by atoms with van der Waals surface area (Å²) in [4.78, 5) is 28.3. The van der Waals surface area contributed by atoms with Crippen molar-refractivity contribution in [3.8, 4) is 0 Å². The number of hydrogen-bond acceptors (Lipinski definition) is 4. The van der Waals surface area contributed by atoms with E-state index >= 15 is 0 Å². The van der Waals surface area contributed by atoms with Gasteiger partial charge in [-0.05, 0) is 32.2 Å². The molecule has 6 heteroatoms. The lowest BCUT2D eigenvalue weighted by molar-refractivity contribution is -0.133. The number of nitrogens with two attached hydrogens (primary N) is 1. The van der Waals surface area contributed by atoms with E-state index < -0.39 is 5.54 Å². The van der Waals surface area contributed by atoms with Crippen LogP contribution in [-0.2, 0) is 4.79 Å². The Hall–Kier alpha value is -1.14. The third kappa shape index (κ3) is 2.81. The van der Waals surface area contributed by atoms with Crippen molar-refractivity contribution in [2.75, 3.05) is 26.2 Å². The first-order chi connectivity index (χ1) is 9.52. The fraction of sp³-hybridized carbons (Fsp3) is 0.857. The molecule has 0 radical (unpaired) electrons. The minimum Gasteiger partial charge on any atom is -0.326 e. The zero-order valence-corrected chi connectivity index (χ0v) is 12.5. The Morgan fingerprint density at radius 1 is 1.30 bits per heavy atom. The number of nitrogens with one attached hydrogen (secondary N) is 1. The number of amides is 3. The van der Waals surface area contributed by atoms with Crippen LogP contribution in [0, 0.1) is 0 Å². The molecule has 0 aliphatic carbocycles. The molecule has 1 atom stereocenters. The molecule has 1 spiro atoms. The number of hydrogen-bond donors (Lipinski definition) is 2. The number of carbonyl (C=O) groups excluding carboxylic acids is 2. The van der Waals surface area contributed by atoms with E-state index in [1.807, 2.05) is 6.92 Å². The monoisotopic (exact) mass is 282 g/mol. The topological polar surface area (TPSA) is 78.7 Å². The Morgan fingerprint density at radius 2 is 1.95 bits per heavy atom. The van der Waals surface area contributed by atoms with E-state index in [0.717, 1.165) is 32.5 Å². The lowest BCUT2D eigenvalue weighted by atomic mass is 9.87. The van der Waals surface area contributed by atoms with Crippen LogP contribution in [0.15, 0.2) is 0 Å². The van der Waals surface area contributed by atoms with Crippen molar-refractivity contribution in [3.05, 3.63) is 0 Å². The number of piperidine rings is 1. The second-order valence-corrected chi connectivity index (χ2v) is 5.94. The molecule has 0 saturated carbocycles. The molecule has 0 bridgehead atoms. The maximum Gasteiger partial charge on any atom is 0.325 e. The smallest absolute Gasteiger partial charge is 0.325 e. The molecule has 0 aromatic heterocycles. The predicted octanol–water partition coefficient (Wildman–Crippen LogP) is 0.520. The number of likely N-dealkylation sites (tertiary alicyclic amines) is 1. The van der Waals surface area contributed by atoms with E-state index in [9.17, 15) is 9.59 Å². The van der Waals surface area contributed by atoms with E-state index in [2.05, 4.69) is 17.1 Å². The van der Waals surface area contributed by atoms with E-state index in [0.29, 0.717) is 19.4 Å². The molecule has 2 aliphatic rings. The van der Waals surface area contributed by atoms with E-state index in [1.54, 1.807) is 0 Å². The molecule has 6 nitrogen and oxygen atoms in total. The summed E-state index contributed by atoms with van der Waals surface area (Å²) < 4.78 is 0. The average Bonchev–Trinajstić information content (AvgIpc) is 2.66. The summed E-state index contributed by atoms with van der Waals surface area (Å²) in [6.45, 7) is 7.23. The molecule has 2 fully saturated rings. The van der Waals surface area contributed by atoms with E-state index in [1.165, 1.54) is 4.90 Å². The lowest BCUT2D eigenvalue weighted by Gasteiger charge is -2.37. The van der Waals surface area contributed by atoms with Gasteiger partial charge in [-0.1, -0.05) is 13.8 Å². The fourth-order valence-electron chi connectivity index (χ4n) is 3.02. The van der Waals surface area contributed by atoms with Crippen molar-refractivity contribution in [1.29, 1.82) is 0 Å². The van der Waals surface area contributed by atoms with E-state index in [4.69, 9.17) is 5.73 Å². The molecule has 20 heavy (non-hydrogen) atoms. The molecular weight excluding hydrogens is 256 g/mol. The van der Waals surface area contributed by atoms with Crippen LogP contribution in [0.2, 0.25) is 0 Å². The Kier molecular flexibility index (Phi) is 4.65. The summed E-state index contributed by atoms with van der Waals surface area (Å²) in [5.41, 5.74) is 5.20. The van der Waals surface area contributed by atoms with Crippen molar-refractivity contribution in [3.63, 3.8) is 0 Å². The van der Waals surface area contributed by atoms with Gasteiger partial charge < -0.3 is 16.0 Å². The van der Waals surface area contributed by atoms with Gasteiger partial charge in [0.15, 0.2) is 0 Å². The number of urea groups is 1. The molecule has 3 amide bonds. The van der Waals surface area contributed by atoms with Crippen molar-refractivity contribution in [2.45, 2.75) is 51.1 Å². The second kappa shape index (κ2) is 6.10. The first kappa shape index (κ1) is 15.3. The lowest BCUT2D eigenvalue weighted by Crippen LogP contribution is -2.55. The molecule has 114 valence electrons. The highest BCUT2D eigenvalue weighted by atomic mass is 16.2. The van der Waals surface area contributed by atoms with Gasteiger partial charge >= 0.3 is 6.03 Å². The molecule has 1 unspecified atom stereocenters. The average molecular weight is 282 g/mol. The number of imide groups is 1. The highest BCUT2D eigenvalue weighted by Crippen LogP contribution is 2.29. The van der Waals surface area contributed by atoms with Gasteiger partial charge in [0.1, 0.15) is 5.54 Å². The minimum atomic E-state index is -0.672. The number of nitrogens with zero attached hydrogens (tertiary/aromatic N) is 2. The fourth-order valence-corrected chi connectivity index (χ4v) is 3.02. The molecule has 2 heterocycles. The van der Waals surface area contributed by atoms with Gasteiger partial charge in [0, 0.05) is 25.7 Å². The van der Waals surface area contributed by atoms with Crippen molar-refractivity contribution in [1.82, 2.24) is 15.1 Å². The Bertz CT molecular complexity index is 377. The van der Waals surface area contributed by atoms with Gasteiger partial charge in [-0.2, -0.15) is 0 Å². The molecule has 3 N–H and O–H groups in total. The zero-order chi connectivity index (χ0) is 14.8. The third-order valence-electron chi connectivity index (χ3n) is 4.44. The maximum atomic E-state index is 12.6. The van der Waals surface area contributed by atoms with Crippen molar-refractivity contribution >= 4 is 11.9 Å². The first-order valence-electron chi connectivity index (χ1n) is 7.64. The van der Waals surface area contributed by atoms with Crippen LogP contribution in [-0.4, -0.2) is 59.5 Å². The van der Waals surface area contributed by atoms with Crippen LogP contribution in [0.25, 0.3) is 0 Å². The zero-order valence-electron chi connectivity index (χ0n) is 12.5. The standard InChI is InChI=1S/C14H26N4O2/c1-3-7-17-8-5-14(6-9-17)12(19)18(13(20)16-14)10-11(15)4-2/h11H,3-10,15H2,1-2H3,(H,16,20). The third-order valence-corrected chi connectivity index (χ3v) is 4.44. The minimum absolute atomic E-state index is 0.0810. The first-order valence-corrected chi connectivity index (χ1v) is 7.64. The summed E-state index contributed by atoms with van der Waals surface area (Å²) >= 11 is 0. The molecule has 0 aromatic rings. The quantitative estimate of drug-likeness (QED) is 0.721.